The van der Waals surface area contributed by atoms with E-state index in [9.17, 15) is 19.3 Å². The number of nitro groups is 1. The van der Waals surface area contributed by atoms with Gasteiger partial charge in [-0.2, -0.15) is 0 Å². The number of carbonyl (C=O) groups is 1. The molecule has 0 N–H and O–H groups in total. The molecule has 6 nitrogen and oxygen atoms in total. The molecule has 0 unspecified atom stereocenters. The maximum atomic E-state index is 13.1. The fourth-order valence-corrected chi connectivity index (χ4v) is 1.73. The maximum absolute atomic E-state index is 13.1. The third kappa shape index (κ3) is 2.45. The van der Waals surface area contributed by atoms with E-state index in [1.165, 1.54) is 0 Å². The van der Waals surface area contributed by atoms with Gasteiger partial charge in [0.2, 0.25) is 0 Å². The Morgan fingerprint density at radius 1 is 1.44 bits per heavy atom. The molecule has 7 heteroatoms. The first kappa shape index (κ1) is 12.4. The standard InChI is InChI=1S/C11H11FN2O4/c12-8-3-4-10(14(16)17)9(7-8)11(15)13-5-1-2-6-18-13/h3-4,7H,1-2,5-6H2. The molecule has 1 heterocycles. The van der Waals surface area contributed by atoms with Crippen molar-refractivity contribution in [1.82, 2.24) is 5.06 Å². The first-order valence-corrected chi connectivity index (χ1v) is 5.48. The van der Waals surface area contributed by atoms with Gasteiger partial charge in [0.25, 0.3) is 11.6 Å². The van der Waals surface area contributed by atoms with Crippen LogP contribution in [0.1, 0.15) is 23.2 Å². The van der Waals surface area contributed by atoms with Crippen LogP contribution in [0.25, 0.3) is 0 Å². The van der Waals surface area contributed by atoms with Crippen LogP contribution in [0.5, 0.6) is 0 Å². The molecule has 1 aliphatic rings. The number of amides is 1. The first-order chi connectivity index (χ1) is 8.59. The molecule has 0 bridgehead atoms. The largest absolute Gasteiger partial charge is 0.284 e. The van der Waals surface area contributed by atoms with Crippen molar-refractivity contribution in [3.8, 4) is 0 Å². The minimum atomic E-state index is -0.712. The lowest BCUT2D eigenvalue weighted by atomic mass is 10.1. The summed E-state index contributed by atoms with van der Waals surface area (Å²) in [4.78, 5) is 27.2. The molecular formula is C11H11FN2O4. The van der Waals surface area contributed by atoms with Gasteiger partial charge in [0.1, 0.15) is 11.4 Å². The van der Waals surface area contributed by atoms with Crippen LogP contribution in [0.4, 0.5) is 10.1 Å². The number of hydrogen-bond donors (Lipinski definition) is 0. The molecule has 1 amide bonds. The van der Waals surface area contributed by atoms with Crippen molar-refractivity contribution in [2.75, 3.05) is 13.2 Å². The van der Waals surface area contributed by atoms with Gasteiger partial charge in [-0.3, -0.25) is 19.7 Å². The zero-order valence-corrected chi connectivity index (χ0v) is 9.47. The van der Waals surface area contributed by atoms with Gasteiger partial charge in [-0.25, -0.2) is 9.45 Å². The lowest BCUT2D eigenvalue weighted by Crippen LogP contribution is -2.36. The van der Waals surface area contributed by atoms with E-state index in [1.807, 2.05) is 0 Å². The summed E-state index contributed by atoms with van der Waals surface area (Å²) in [7, 11) is 0. The average Bonchev–Trinajstić information content (AvgIpc) is 2.38. The molecule has 96 valence electrons. The quantitative estimate of drug-likeness (QED) is 0.596. The lowest BCUT2D eigenvalue weighted by Gasteiger charge is -2.25. The van der Waals surface area contributed by atoms with E-state index in [0.29, 0.717) is 13.2 Å². The molecule has 1 aromatic rings. The van der Waals surface area contributed by atoms with E-state index in [4.69, 9.17) is 4.84 Å². The van der Waals surface area contributed by atoms with Crippen LogP contribution in [-0.4, -0.2) is 29.0 Å². The van der Waals surface area contributed by atoms with Gasteiger partial charge in [0, 0.05) is 12.6 Å². The summed E-state index contributed by atoms with van der Waals surface area (Å²) in [5, 5.41) is 11.8. The van der Waals surface area contributed by atoms with E-state index in [0.717, 1.165) is 36.1 Å². The number of hydroxylamine groups is 2. The highest BCUT2D eigenvalue weighted by molar-refractivity contribution is 5.97. The van der Waals surface area contributed by atoms with E-state index >= 15 is 0 Å². The van der Waals surface area contributed by atoms with Crippen molar-refractivity contribution in [1.29, 1.82) is 0 Å². The van der Waals surface area contributed by atoms with Crippen molar-refractivity contribution in [3.05, 3.63) is 39.7 Å². The molecule has 1 aromatic carbocycles. The van der Waals surface area contributed by atoms with Gasteiger partial charge < -0.3 is 0 Å². The Kier molecular flexibility index (Phi) is 3.52. The van der Waals surface area contributed by atoms with E-state index in [-0.39, 0.29) is 5.56 Å². The molecule has 0 spiro atoms. The number of benzene rings is 1. The third-order valence-corrected chi connectivity index (χ3v) is 2.61. The van der Waals surface area contributed by atoms with Gasteiger partial charge in [0.15, 0.2) is 0 Å². The number of carbonyl (C=O) groups excluding carboxylic acids is 1. The Labute approximate surface area is 102 Å². The molecule has 2 rings (SSSR count). The zero-order chi connectivity index (χ0) is 13.1. The molecule has 1 fully saturated rings. The van der Waals surface area contributed by atoms with Crippen molar-refractivity contribution in [2.45, 2.75) is 12.8 Å². The van der Waals surface area contributed by atoms with Crippen molar-refractivity contribution in [3.63, 3.8) is 0 Å². The summed E-state index contributed by atoms with van der Waals surface area (Å²) < 4.78 is 13.1. The van der Waals surface area contributed by atoms with E-state index in [2.05, 4.69) is 0 Å². The smallest absolute Gasteiger partial charge is 0.271 e. The third-order valence-electron chi connectivity index (χ3n) is 2.61. The molecular weight excluding hydrogens is 243 g/mol. The fraction of sp³-hybridized carbons (Fsp3) is 0.364. The number of halogens is 1. The topological polar surface area (TPSA) is 72.7 Å². The summed E-state index contributed by atoms with van der Waals surface area (Å²) >= 11 is 0. The average molecular weight is 254 g/mol. The molecule has 0 radical (unpaired) electrons. The molecule has 1 aliphatic heterocycles. The highest BCUT2D eigenvalue weighted by Crippen LogP contribution is 2.22. The van der Waals surface area contributed by atoms with Gasteiger partial charge in [0.05, 0.1) is 11.5 Å². The Morgan fingerprint density at radius 2 is 2.22 bits per heavy atom. The lowest BCUT2D eigenvalue weighted by molar-refractivity contribution is -0.385. The highest BCUT2D eigenvalue weighted by atomic mass is 19.1. The summed E-state index contributed by atoms with van der Waals surface area (Å²) in [6.07, 6.45) is 1.59. The monoisotopic (exact) mass is 254 g/mol. The second kappa shape index (κ2) is 5.09. The van der Waals surface area contributed by atoms with Crippen LogP contribution < -0.4 is 0 Å². The van der Waals surface area contributed by atoms with Crippen LogP contribution in [0, 0.1) is 15.9 Å². The number of nitrogens with zero attached hydrogens (tertiary/aromatic N) is 2. The predicted octanol–water partition coefficient (Wildman–Crippen LogP) is 1.90. The molecule has 0 saturated carbocycles. The summed E-state index contributed by atoms with van der Waals surface area (Å²) in [6, 6.07) is 2.79. The van der Waals surface area contributed by atoms with Crippen LogP contribution in [0.3, 0.4) is 0 Å². The van der Waals surface area contributed by atoms with Gasteiger partial charge in [-0.15, -0.1) is 0 Å². The molecule has 18 heavy (non-hydrogen) atoms. The number of nitro benzene ring substituents is 1. The van der Waals surface area contributed by atoms with Crippen LogP contribution in [0.2, 0.25) is 0 Å². The van der Waals surface area contributed by atoms with Crippen LogP contribution >= 0.6 is 0 Å². The molecule has 0 aliphatic carbocycles. The van der Waals surface area contributed by atoms with Crippen molar-refractivity contribution in [2.24, 2.45) is 0 Å². The SMILES string of the molecule is O=C(c1cc(F)ccc1[N+](=O)[O-])N1CCCCO1. The second-order valence-corrected chi connectivity index (χ2v) is 3.87. The minimum Gasteiger partial charge on any atom is -0.271 e. The number of hydrogen-bond acceptors (Lipinski definition) is 4. The van der Waals surface area contributed by atoms with Gasteiger partial charge >= 0.3 is 0 Å². The van der Waals surface area contributed by atoms with Gasteiger partial charge in [-0.1, -0.05) is 0 Å². The van der Waals surface area contributed by atoms with E-state index < -0.39 is 22.3 Å². The summed E-state index contributed by atoms with van der Waals surface area (Å²) in [6.45, 7) is 0.737. The normalized spacial score (nSPS) is 15.5. The molecule has 0 atom stereocenters. The van der Waals surface area contributed by atoms with Crippen molar-refractivity contribution < 1.29 is 18.9 Å². The van der Waals surface area contributed by atoms with Crippen LogP contribution in [0.15, 0.2) is 18.2 Å². The Balaban J connectivity index is 2.33. The Hall–Kier alpha value is -2.02. The highest BCUT2D eigenvalue weighted by Gasteiger charge is 2.27. The molecule has 1 saturated heterocycles. The predicted molar refractivity (Wildman–Crippen MR) is 59.3 cm³/mol. The first-order valence-electron chi connectivity index (χ1n) is 5.48. The second-order valence-electron chi connectivity index (χ2n) is 3.87. The van der Waals surface area contributed by atoms with E-state index in [1.54, 1.807) is 0 Å². The Bertz CT molecular complexity index is 486. The van der Waals surface area contributed by atoms with Gasteiger partial charge in [-0.05, 0) is 25.0 Å². The zero-order valence-electron chi connectivity index (χ0n) is 9.47. The summed E-state index contributed by atoms with van der Waals surface area (Å²) in [5.41, 5.74) is -0.711. The molecule has 0 aromatic heterocycles. The Morgan fingerprint density at radius 3 is 2.83 bits per heavy atom. The van der Waals surface area contributed by atoms with Crippen LogP contribution in [-0.2, 0) is 4.84 Å². The summed E-state index contributed by atoms with van der Waals surface area (Å²) in [5.74, 6) is -1.37. The van der Waals surface area contributed by atoms with Crippen molar-refractivity contribution >= 4 is 11.6 Å². The maximum Gasteiger partial charge on any atom is 0.284 e. The minimum absolute atomic E-state index is 0.290. The number of rotatable bonds is 2. The fourth-order valence-electron chi connectivity index (χ4n) is 1.73.